The van der Waals surface area contributed by atoms with E-state index in [1.807, 2.05) is 22.7 Å². The van der Waals surface area contributed by atoms with Gasteiger partial charge in [-0.15, -0.1) is 22.7 Å². The maximum Gasteiger partial charge on any atom is 0.211 e. The summed E-state index contributed by atoms with van der Waals surface area (Å²) in [7, 11) is 2.46. The van der Waals surface area contributed by atoms with Gasteiger partial charge in [0.05, 0.1) is 11.2 Å². The molecule has 4 heterocycles. The Hall–Kier alpha value is -5.62. The van der Waals surface area contributed by atoms with Crippen LogP contribution in [0.5, 0.6) is 0 Å². The van der Waals surface area contributed by atoms with E-state index in [4.69, 9.17) is 0 Å². The number of anilines is 2. The smallest absolute Gasteiger partial charge is 0.211 e. The lowest BCUT2D eigenvalue weighted by Crippen LogP contribution is -2.35. The molecule has 1 N–H and O–H groups in total. The first kappa shape index (κ1) is 28.2. The topological polar surface area (TPSA) is 17.0 Å². The predicted octanol–water partition coefficient (Wildman–Crippen LogP) is 11.7. The van der Waals surface area contributed by atoms with E-state index in [1.54, 1.807) is 0 Å². The highest BCUT2D eigenvalue weighted by Gasteiger charge is 2.31. The van der Waals surface area contributed by atoms with E-state index in [2.05, 4.69) is 170 Å². The minimum atomic E-state index is 1.08. The van der Waals surface area contributed by atoms with Gasteiger partial charge in [-0.05, 0) is 88.5 Å². The molecule has 1 radical (unpaired) electrons. The molecule has 5 heteroatoms. The zero-order chi connectivity index (χ0) is 32.9. The van der Waals surface area contributed by atoms with Crippen LogP contribution in [0.15, 0.2) is 146 Å². The Kier molecular flexibility index (Phi) is 6.04. The van der Waals surface area contributed by atoms with Crippen molar-refractivity contribution in [1.29, 1.82) is 0 Å². The summed E-state index contributed by atoms with van der Waals surface area (Å²) in [6.07, 6.45) is 0. The first-order valence-electron chi connectivity index (χ1n) is 17.0. The van der Waals surface area contributed by atoms with Gasteiger partial charge in [-0.25, -0.2) is 0 Å². The third-order valence-electron chi connectivity index (χ3n) is 10.3. The van der Waals surface area contributed by atoms with Crippen LogP contribution in [0, 0.1) is 6.92 Å². The molecule has 7 aromatic carbocycles. The van der Waals surface area contributed by atoms with Gasteiger partial charge in [-0.1, -0.05) is 96.6 Å². The highest BCUT2D eigenvalue weighted by Crippen LogP contribution is 2.45. The van der Waals surface area contributed by atoms with Crippen LogP contribution >= 0.6 is 22.7 Å². The van der Waals surface area contributed by atoms with Gasteiger partial charge in [0.25, 0.3) is 0 Å². The van der Waals surface area contributed by atoms with E-state index in [0.717, 1.165) is 11.4 Å². The fraction of sp³-hybridized carbons (Fsp3) is 0.0222. The Morgan fingerprint density at radius 2 is 1.26 bits per heavy atom. The zero-order valence-corrected chi connectivity index (χ0v) is 28.8. The standard InChI is InChI=1S/C45H28BN2S2/c1-26-18-21-28(22-19-26)47-36-14-6-2-10-29(36)35-25-33(27-20-23-40-34(24-27)30-11-4-8-16-38(30)49-40)41-31-12-3-7-15-37(31)48-43-32-13-5-9-17-39(32)50-45(43)46-42(35)44(41)48/h2-25,47H,1H3. The summed E-state index contributed by atoms with van der Waals surface area (Å²) in [4.78, 5) is 0. The Morgan fingerprint density at radius 3 is 2.12 bits per heavy atom. The summed E-state index contributed by atoms with van der Waals surface area (Å²) in [6.45, 7) is 2.13. The molecular weight excluding hydrogens is 643 g/mol. The quantitative estimate of drug-likeness (QED) is 0.184. The van der Waals surface area contributed by atoms with Crippen molar-refractivity contribution in [2.75, 3.05) is 5.32 Å². The molecule has 10 aromatic rings. The molecule has 11 rings (SSSR count). The Labute approximate surface area is 298 Å². The average Bonchev–Trinajstić information content (AvgIpc) is 3.83. The molecule has 3 aromatic heterocycles. The second-order valence-electron chi connectivity index (χ2n) is 13.3. The van der Waals surface area contributed by atoms with Crippen molar-refractivity contribution in [3.05, 3.63) is 151 Å². The minimum absolute atomic E-state index is 1.08. The maximum atomic E-state index is 3.78. The number of aromatic nitrogens is 1. The third kappa shape index (κ3) is 4.08. The lowest BCUT2D eigenvalue weighted by atomic mass is 9.62. The average molecular weight is 672 g/mol. The fourth-order valence-electron chi connectivity index (χ4n) is 8.04. The Morgan fingerprint density at radius 1 is 0.560 bits per heavy atom. The number of para-hydroxylation sites is 2. The number of rotatable bonds is 4. The highest BCUT2D eigenvalue weighted by atomic mass is 32.1. The molecule has 0 spiro atoms. The van der Waals surface area contributed by atoms with Crippen LogP contribution in [0.1, 0.15) is 5.56 Å². The van der Waals surface area contributed by atoms with Gasteiger partial charge in [0.2, 0.25) is 7.28 Å². The van der Waals surface area contributed by atoms with Gasteiger partial charge in [-0.2, -0.15) is 0 Å². The van der Waals surface area contributed by atoms with Crippen molar-refractivity contribution in [2.45, 2.75) is 6.92 Å². The largest absolute Gasteiger partial charge is 0.355 e. The normalized spacial score (nSPS) is 12.3. The SMILES string of the molecule is Cc1ccc(Nc2ccccc2-c2cc(-c3ccc4sc5ccccc5c4c3)c3c4ccccc4n4c3c2[B]c2sc3ccccc3c2-4)cc1. The van der Waals surface area contributed by atoms with Crippen LogP contribution in [-0.2, 0) is 0 Å². The predicted molar refractivity (Wildman–Crippen MR) is 219 cm³/mol. The first-order chi connectivity index (χ1) is 24.7. The van der Waals surface area contributed by atoms with E-state index in [0.29, 0.717) is 0 Å². The number of nitrogens with one attached hydrogen (secondary N) is 1. The van der Waals surface area contributed by atoms with Crippen molar-refractivity contribution in [1.82, 2.24) is 4.57 Å². The summed E-state index contributed by atoms with van der Waals surface area (Å²) in [5.41, 5.74) is 13.4. The van der Waals surface area contributed by atoms with Gasteiger partial charge in [-0.3, -0.25) is 0 Å². The third-order valence-corrected chi connectivity index (χ3v) is 12.6. The van der Waals surface area contributed by atoms with Gasteiger partial charge >= 0.3 is 0 Å². The first-order valence-corrected chi connectivity index (χ1v) is 18.6. The lowest BCUT2D eigenvalue weighted by molar-refractivity contribution is 1.22. The zero-order valence-electron chi connectivity index (χ0n) is 27.2. The fourth-order valence-corrected chi connectivity index (χ4v) is 10.3. The highest BCUT2D eigenvalue weighted by molar-refractivity contribution is 7.29. The molecule has 0 fully saturated rings. The Balaban J connectivity index is 1.27. The number of nitrogens with zero attached hydrogens (tertiary/aromatic N) is 1. The molecule has 0 unspecified atom stereocenters. The van der Waals surface area contributed by atoms with Gasteiger partial charge in [0.15, 0.2) is 0 Å². The van der Waals surface area contributed by atoms with Crippen molar-refractivity contribution < 1.29 is 0 Å². The van der Waals surface area contributed by atoms with Crippen LogP contribution in [0.25, 0.3) is 80.0 Å². The summed E-state index contributed by atoms with van der Waals surface area (Å²) in [5.74, 6) is 0. The van der Waals surface area contributed by atoms with Crippen molar-refractivity contribution >= 4 is 104 Å². The van der Waals surface area contributed by atoms with E-state index < -0.39 is 0 Å². The molecule has 1 aliphatic heterocycles. The molecule has 2 nitrogen and oxygen atoms in total. The van der Waals surface area contributed by atoms with Crippen molar-refractivity contribution in [3.63, 3.8) is 0 Å². The molecule has 0 saturated heterocycles. The molecule has 0 saturated carbocycles. The van der Waals surface area contributed by atoms with Crippen molar-refractivity contribution in [3.8, 4) is 27.9 Å². The molecule has 0 amide bonds. The number of hydrogen-bond donors (Lipinski definition) is 1. The Bertz CT molecular complexity index is 3000. The number of fused-ring (bicyclic) bond motifs is 10. The summed E-state index contributed by atoms with van der Waals surface area (Å²) in [6, 6.07) is 53.6. The number of hydrogen-bond acceptors (Lipinski definition) is 3. The maximum absolute atomic E-state index is 3.78. The summed E-state index contributed by atoms with van der Waals surface area (Å²) >= 11 is 3.76. The molecular formula is C45H28BN2S2. The number of aryl methyl sites for hydroxylation is 1. The van der Waals surface area contributed by atoms with Crippen molar-refractivity contribution in [2.24, 2.45) is 0 Å². The van der Waals surface area contributed by atoms with Gasteiger partial charge in [0.1, 0.15) is 0 Å². The van der Waals surface area contributed by atoms with Crippen LogP contribution in [-0.4, -0.2) is 11.8 Å². The second-order valence-corrected chi connectivity index (χ2v) is 15.4. The summed E-state index contributed by atoms with van der Waals surface area (Å²) < 4.78 is 7.82. The van der Waals surface area contributed by atoms with Crippen LogP contribution in [0.4, 0.5) is 11.4 Å². The van der Waals surface area contributed by atoms with Crippen LogP contribution in [0.3, 0.4) is 0 Å². The number of benzene rings is 7. The van der Waals surface area contributed by atoms with Gasteiger partial charge < -0.3 is 9.88 Å². The molecule has 0 atom stereocenters. The second kappa shape index (κ2) is 10.7. The number of thiophene rings is 2. The monoisotopic (exact) mass is 671 g/mol. The molecule has 0 bridgehead atoms. The molecule has 50 heavy (non-hydrogen) atoms. The molecule has 0 aliphatic carbocycles. The molecule has 233 valence electrons. The molecule has 1 aliphatic rings. The minimum Gasteiger partial charge on any atom is -0.355 e. The van der Waals surface area contributed by atoms with Gasteiger partial charge in [0, 0.05) is 63.5 Å². The lowest BCUT2D eigenvalue weighted by Gasteiger charge is -2.23. The van der Waals surface area contributed by atoms with E-state index in [9.17, 15) is 0 Å². The van der Waals surface area contributed by atoms with Crippen LogP contribution < -0.4 is 15.6 Å². The van der Waals surface area contributed by atoms with E-state index in [-0.39, 0.29) is 0 Å². The van der Waals surface area contributed by atoms with E-state index >= 15 is 0 Å². The van der Waals surface area contributed by atoms with Crippen LogP contribution in [0.2, 0.25) is 0 Å². The van der Waals surface area contributed by atoms with E-state index in [1.165, 1.54) is 95.8 Å². The summed E-state index contributed by atoms with van der Waals surface area (Å²) in [5, 5.41) is 10.3.